The van der Waals surface area contributed by atoms with Crippen molar-refractivity contribution in [1.82, 2.24) is 19.7 Å². The smallest absolute Gasteiger partial charge is 0.157 e. The number of aromatic nitrogens is 4. The van der Waals surface area contributed by atoms with Crippen LogP contribution in [-0.2, 0) is 13.5 Å². The predicted octanol–water partition coefficient (Wildman–Crippen LogP) is 4.01. The second kappa shape index (κ2) is 6.02. The Bertz CT molecular complexity index is 1060. The van der Waals surface area contributed by atoms with E-state index in [1.165, 1.54) is 0 Å². The highest BCUT2D eigenvalue weighted by molar-refractivity contribution is 5.87. The normalized spacial score (nSPS) is 11.1. The Morgan fingerprint density at radius 3 is 2.68 bits per heavy atom. The van der Waals surface area contributed by atoms with Crippen LogP contribution in [0.4, 0.5) is 0 Å². The van der Waals surface area contributed by atoms with Crippen molar-refractivity contribution in [3.8, 4) is 22.8 Å². The Kier molecular flexibility index (Phi) is 3.69. The van der Waals surface area contributed by atoms with Crippen LogP contribution in [0.2, 0.25) is 0 Å². The Balaban J connectivity index is 1.91. The largest absolute Gasteiger partial charge is 0.337 e. The minimum absolute atomic E-state index is 0.633. The average Bonchev–Trinajstić information content (AvgIpc) is 3.21. The number of aryl methyl sites for hydroxylation is 1. The molecule has 0 aliphatic carbocycles. The predicted molar refractivity (Wildman–Crippen MR) is 98.5 cm³/mol. The van der Waals surface area contributed by atoms with E-state index in [0.717, 1.165) is 52.1 Å². The molecule has 0 saturated heterocycles. The molecule has 1 N–H and O–H groups in total. The third kappa shape index (κ3) is 2.54. The molecule has 0 aliphatic rings. The summed E-state index contributed by atoms with van der Waals surface area (Å²) in [6, 6.07) is 15.6. The van der Waals surface area contributed by atoms with Gasteiger partial charge in [0.2, 0.25) is 0 Å². The molecule has 5 heteroatoms. The molecule has 124 valence electrons. The fraction of sp³-hybridized carbons (Fsp3) is 0.150. The molecule has 2 aromatic carbocycles. The first-order chi connectivity index (χ1) is 12.2. The van der Waals surface area contributed by atoms with E-state index in [0.29, 0.717) is 5.56 Å². The molecule has 0 atom stereocenters. The Hall–Kier alpha value is -3.21. The molecule has 5 nitrogen and oxygen atoms in total. The van der Waals surface area contributed by atoms with Crippen LogP contribution in [0.5, 0.6) is 0 Å². The zero-order chi connectivity index (χ0) is 17.4. The van der Waals surface area contributed by atoms with Gasteiger partial charge < -0.3 is 4.98 Å². The number of hydrogen-bond acceptors (Lipinski definition) is 3. The molecule has 2 heterocycles. The van der Waals surface area contributed by atoms with Gasteiger partial charge in [0.15, 0.2) is 5.82 Å². The third-order valence-electron chi connectivity index (χ3n) is 4.41. The first-order valence-electron chi connectivity index (χ1n) is 8.28. The molecule has 0 aliphatic heterocycles. The number of rotatable bonds is 4. The summed E-state index contributed by atoms with van der Waals surface area (Å²) in [6.07, 6.45) is 1.69. The van der Waals surface area contributed by atoms with E-state index in [2.05, 4.69) is 24.0 Å². The average molecular weight is 330 g/mol. The minimum atomic E-state index is 0.633. The molecule has 25 heavy (non-hydrogen) atoms. The summed E-state index contributed by atoms with van der Waals surface area (Å²) in [4.78, 5) is 19.0. The molecular formula is C20H18N4O. The molecule has 0 unspecified atom stereocenters. The highest BCUT2D eigenvalue weighted by atomic mass is 16.1. The van der Waals surface area contributed by atoms with E-state index in [1.807, 2.05) is 42.1 Å². The van der Waals surface area contributed by atoms with Crippen LogP contribution in [0, 0.1) is 0 Å². The maximum atomic E-state index is 11.0. The third-order valence-corrected chi connectivity index (χ3v) is 4.41. The molecule has 0 radical (unpaired) electrons. The fourth-order valence-corrected chi connectivity index (χ4v) is 3.24. The number of nitrogens with zero attached hydrogens (tertiary/aromatic N) is 3. The van der Waals surface area contributed by atoms with Gasteiger partial charge in [-0.1, -0.05) is 37.3 Å². The van der Waals surface area contributed by atoms with E-state index in [1.54, 1.807) is 6.07 Å². The van der Waals surface area contributed by atoms with Crippen LogP contribution >= 0.6 is 0 Å². The summed E-state index contributed by atoms with van der Waals surface area (Å²) in [5.74, 6) is 0.770. The maximum absolute atomic E-state index is 11.0. The van der Waals surface area contributed by atoms with E-state index >= 15 is 0 Å². The molecule has 0 amide bonds. The van der Waals surface area contributed by atoms with Crippen molar-refractivity contribution in [1.29, 1.82) is 0 Å². The van der Waals surface area contributed by atoms with E-state index in [9.17, 15) is 4.79 Å². The number of fused-ring (bicyclic) bond motifs is 1. The van der Waals surface area contributed by atoms with Crippen LogP contribution in [0.25, 0.3) is 33.8 Å². The number of hydrogen-bond donors (Lipinski definition) is 1. The van der Waals surface area contributed by atoms with Crippen molar-refractivity contribution in [3.63, 3.8) is 0 Å². The van der Waals surface area contributed by atoms with Gasteiger partial charge in [0, 0.05) is 23.7 Å². The molecule has 0 fully saturated rings. The molecule has 0 bridgehead atoms. The summed E-state index contributed by atoms with van der Waals surface area (Å²) in [5, 5.41) is 4.73. The lowest BCUT2D eigenvalue weighted by Gasteiger charge is -2.02. The first kappa shape index (κ1) is 15.3. The Morgan fingerprint density at radius 2 is 1.96 bits per heavy atom. The minimum Gasteiger partial charge on any atom is -0.337 e. The van der Waals surface area contributed by atoms with Crippen molar-refractivity contribution < 1.29 is 4.79 Å². The van der Waals surface area contributed by atoms with Gasteiger partial charge in [0.1, 0.15) is 12.0 Å². The van der Waals surface area contributed by atoms with E-state index < -0.39 is 0 Å². The lowest BCUT2D eigenvalue weighted by Crippen LogP contribution is -1.96. The number of benzene rings is 2. The molecule has 0 spiro atoms. The number of carbonyl (C=O) groups is 1. The standard InChI is InChI=1S/C20H18N4O/c1-3-15-18(14-7-5-4-6-8-14)23-24(2)19(15)20-21-16-10-9-13(12-25)11-17(16)22-20/h4-12H,3H2,1-2H3,(H,21,22). The molecule has 0 saturated carbocycles. The Labute approximate surface area is 145 Å². The van der Waals surface area contributed by atoms with Gasteiger partial charge >= 0.3 is 0 Å². The van der Waals surface area contributed by atoms with Gasteiger partial charge in [0.25, 0.3) is 0 Å². The van der Waals surface area contributed by atoms with Gasteiger partial charge in [-0.25, -0.2) is 4.98 Å². The zero-order valence-corrected chi connectivity index (χ0v) is 14.2. The maximum Gasteiger partial charge on any atom is 0.157 e. The van der Waals surface area contributed by atoms with Gasteiger partial charge in [0.05, 0.1) is 16.7 Å². The van der Waals surface area contributed by atoms with E-state index in [4.69, 9.17) is 10.1 Å². The van der Waals surface area contributed by atoms with Crippen LogP contribution < -0.4 is 0 Å². The molecule has 4 aromatic rings. The SMILES string of the molecule is CCc1c(-c2ccccc2)nn(C)c1-c1nc2ccc(C=O)cc2[nH]1. The number of carbonyl (C=O) groups excluding carboxylic acids is 1. The lowest BCUT2D eigenvalue weighted by atomic mass is 10.0. The summed E-state index contributed by atoms with van der Waals surface area (Å²) in [6.45, 7) is 2.13. The Morgan fingerprint density at radius 1 is 1.16 bits per heavy atom. The fourth-order valence-electron chi connectivity index (χ4n) is 3.24. The van der Waals surface area contributed by atoms with Crippen LogP contribution in [-0.4, -0.2) is 26.0 Å². The number of imidazole rings is 1. The highest BCUT2D eigenvalue weighted by Crippen LogP contribution is 2.31. The summed E-state index contributed by atoms with van der Waals surface area (Å²) in [5.41, 5.74) is 6.53. The number of aldehydes is 1. The highest BCUT2D eigenvalue weighted by Gasteiger charge is 2.20. The van der Waals surface area contributed by atoms with Crippen molar-refractivity contribution in [3.05, 3.63) is 59.7 Å². The van der Waals surface area contributed by atoms with Crippen LogP contribution in [0.3, 0.4) is 0 Å². The second-order valence-corrected chi connectivity index (χ2v) is 6.00. The van der Waals surface area contributed by atoms with Gasteiger partial charge in [-0.3, -0.25) is 9.48 Å². The van der Waals surface area contributed by atoms with Crippen molar-refractivity contribution in [2.75, 3.05) is 0 Å². The summed E-state index contributed by atoms with van der Waals surface area (Å²) < 4.78 is 1.87. The van der Waals surface area contributed by atoms with Gasteiger partial charge in [-0.2, -0.15) is 5.10 Å². The van der Waals surface area contributed by atoms with Crippen molar-refractivity contribution >= 4 is 17.3 Å². The zero-order valence-electron chi connectivity index (χ0n) is 14.2. The number of nitrogens with one attached hydrogen (secondary N) is 1. The summed E-state index contributed by atoms with van der Waals surface area (Å²) in [7, 11) is 1.94. The summed E-state index contributed by atoms with van der Waals surface area (Å²) >= 11 is 0. The number of H-pyrrole nitrogens is 1. The lowest BCUT2D eigenvalue weighted by molar-refractivity contribution is 0.112. The molecule has 2 aromatic heterocycles. The monoisotopic (exact) mass is 330 g/mol. The van der Waals surface area contributed by atoms with E-state index in [-0.39, 0.29) is 0 Å². The first-order valence-corrected chi connectivity index (χ1v) is 8.28. The van der Waals surface area contributed by atoms with Crippen LogP contribution in [0.15, 0.2) is 48.5 Å². The van der Waals surface area contributed by atoms with Crippen LogP contribution in [0.1, 0.15) is 22.8 Å². The second-order valence-electron chi connectivity index (χ2n) is 6.00. The molecule has 4 rings (SSSR count). The topological polar surface area (TPSA) is 63.6 Å². The van der Waals surface area contributed by atoms with Gasteiger partial charge in [-0.05, 0) is 24.6 Å². The molecular weight excluding hydrogens is 312 g/mol. The van der Waals surface area contributed by atoms with Gasteiger partial charge in [-0.15, -0.1) is 0 Å². The van der Waals surface area contributed by atoms with Crippen molar-refractivity contribution in [2.45, 2.75) is 13.3 Å². The number of aromatic amines is 1. The van der Waals surface area contributed by atoms with Crippen molar-refractivity contribution in [2.24, 2.45) is 7.05 Å². The quantitative estimate of drug-likeness (QED) is 0.575.